The summed E-state index contributed by atoms with van der Waals surface area (Å²) in [4.78, 5) is 0. The summed E-state index contributed by atoms with van der Waals surface area (Å²) in [5.74, 6) is -1.37. The fourth-order valence-electron chi connectivity index (χ4n) is 3.19. The van der Waals surface area contributed by atoms with E-state index >= 15 is 0 Å². The Labute approximate surface area is 139 Å². The van der Waals surface area contributed by atoms with Crippen molar-refractivity contribution in [3.05, 3.63) is 0 Å². The third kappa shape index (κ3) is 5.66. The molecule has 0 aliphatic carbocycles. The summed E-state index contributed by atoms with van der Waals surface area (Å²) < 4.78 is 10.9. The lowest BCUT2D eigenvalue weighted by atomic mass is 9.89. The van der Waals surface area contributed by atoms with Gasteiger partial charge in [0.2, 0.25) is 0 Å². The molecule has 0 saturated carbocycles. The Morgan fingerprint density at radius 2 is 1.48 bits per heavy atom. The largest absolute Gasteiger partial charge is 0.394 e. The van der Waals surface area contributed by atoms with Crippen molar-refractivity contribution in [3.8, 4) is 0 Å². The van der Waals surface area contributed by atoms with E-state index in [0.717, 1.165) is 19.3 Å². The van der Waals surface area contributed by atoms with E-state index in [4.69, 9.17) is 9.47 Å². The molecule has 1 unspecified atom stereocenters. The number of aliphatic hydroxyl groups excluding tert-OH is 4. The molecule has 5 atom stereocenters. The first-order chi connectivity index (χ1) is 11.0. The molecule has 1 fully saturated rings. The van der Waals surface area contributed by atoms with Gasteiger partial charge < -0.3 is 29.9 Å². The molecule has 1 rings (SSSR count). The Bertz CT molecular complexity index is 311. The Morgan fingerprint density at radius 1 is 0.913 bits per heavy atom. The maximum Gasteiger partial charge on any atom is 0.197 e. The average Bonchev–Trinajstić information content (AvgIpc) is 2.57. The van der Waals surface area contributed by atoms with E-state index < -0.39 is 36.8 Å². The fourth-order valence-corrected chi connectivity index (χ4v) is 3.19. The van der Waals surface area contributed by atoms with Crippen LogP contribution in [0.3, 0.4) is 0 Å². The summed E-state index contributed by atoms with van der Waals surface area (Å²) in [5, 5.41) is 39.3. The van der Waals surface area contributed by atoms with Gasteiger partial charge in [-0.05, 0) is 6.42 Å². The number of methoxy groups -OCH3 is 1. The van der Waals surface area contributed by atoms with Crippen molar-refractivity contribution in [2.24, 2.45) is 0 Å². The quantitative estimate of drug-likeness (QED) is 0.426. The first-order valence-corrected chi connectivity index (χ1v) is 8.90. The number of unbranched alkanes of at least 4 members (excludes halogenated alkanes) is 7. The maximum absolute atomic E-state index is 10.2. The van der Waals surface area contributed by atoms with Crippen molar-refractivity contribution in [2.45, 2.75) is 94.9 Å². The highest BCUT2D eigenvalue weighted by atomic mass is 16.7. The molecule has 0 aromatic heterocycles. The normalized spacial score (nSPS) is 34.7. The number of aliphatic hydroxyl groups is 4. The summed E-state index contributed by atoms with van der Waals surface area (Å²) in [6.45, 7) is 1.76. The first-order valence-electron chi connectivity index (χ1n) is 8.90. The number of rotatable bonds is 11. The van der Waals surface area contributed by atoms with Crippen molar-refractivity contribution >= 4 is 0 Å². The zero-order valence-corrected chi connectivity index (χ0v) is 14.5. The van der Waals surface area contributed by atoms with Crippen LogP contribution in [0, 0.1) is 0 Å². The lowest BCUT2D eigenvalue weighted by molar-refractivity contribution is -0.359. The Morgan fingerprint density at radius 3 is 2.00 bits per heavy atom. The molecule has 0 aromatic carbocycles. The van der Waals surface area contributed by atoms with Crippen LogP contribution >= 0.6 is 0 Å². The van der Waals surface area contributed by atoms with E-state index in [1.807, 2.05) is 0 Å². The van der Waals surface area contributed by atoms with Crippen molar-refractivity contribution in [2.75, 3.05) is 13.7 Å². The van der Waals surface area contributed by atoms with Crippen LogP contribution in [0.4, 0.5) is 0 Å². The lowest BCUT2D eigenvalue weighted by Gasteiger charge is -2.47. The monoisotopic (exact) mass is 334 g/mol. The molecule has 1 aliphatic heterocycles. The molecular formula is C17H34O6. The molecule has 0 amide bonds. The minimum Gasteiger partial charge on any atom is -0.394 e. The highest BCUT2D eigenvalue weighted by Crippen LogP contribution is 2.35. The van der Waals surface area contributed by atoms with Crippen LogP contribution in [0.25, 0.3) is 0 Å². The van der Waals surface area contributed by atoms with E-state index in [2.05, 4.69) is 6.92 Å². The Kier molecular flexibility index (Phi) is 9.58. The van der Waals surface area contributed by atoms with Gasteiger partial charge in [0.15, 0.2) is 5.79 Å². The Hall–Kier alpha value is -0.240. The third-order valence-corrected chi connectivity index (χ3v) is 4.76. The van der Waals surface area contributed by atoms with E-state index in [9.17, 15) is 20.4 Å². The van der Waals surface area contributed by atoms with Gasteiger partial charge >= 0.3 is 0 Å². The smallest absolute Gasteiger partial charge is 0.197 e. The van der Waals surface area contributed by atoms with Crippen molar-refractivity contribution < 1.29 is 29.9 Å². The van der Waals surface area contributed by atoms with Crippen LogP contribution in [0.2, 0.25) is 0 Å². The molecule has 4 N–H and O–H groups in total. The van der Waals surface area contributed by atoms with Crippen LogP contribution in [0.5, 0.6) is 0 Å². The molecule has 6 heteroatoms. The Balaban J connectivity index is 2.41. The lowest BCUT2D eigenvalue weighted by Crippen LogP contribution is -2.65. The second kappa shape index (κ2) is 10.6. The SMILES string of the molecule is CCCCCCCCCCC1(OC)O[C@H](CO)[C@H](O)[C@H](O)[C@H]1O. The molecule has 1 aliphatic rings. The first kappa shape index (κ1) is 20.8. The van der Waals surface area contributed by atoms with E-state index in [1.54, 1.807) is 0 Å². The van der Waals surface area contributed by atoms with Gasteiger partial charge in [-0.1, -0.05) is 51.9 Å². The topological polar surface area (TPSA) is 99.4 Å². The molecule has 0 radical (unpaired) electrons. The third-order valence-electron chi connectivity index (χ3n) is 4.76. The maximum atomic E-state index is 10.2. The second-order valence-electron chi connectivity index (χ2n) is 6.51. The van der Waals surface area contributed by atoms with Gasteiger partial charge in [-0.2, -0.15) is 0 Å². The van der Waals surface area contributed by atoms with Gasteiger partial charge in [0.1, 0.15) is 24.4 Å². The predicted molar refractivity (Wildman–Crippen MR) is 86.9 cm³/mol. The van der Waals surface area contributed by atoms with Crippen LogP contribution in [0.1, 0.15) is 64.7 Å². The van der Waals surface area contributed by atoms with Crippen LogP contribution in [-0.4, -0.2) is 64.3 Å². The number of hydrogen-bond acceptors (Lipinski definition) is 6. The van der Waals surface area contributed by atoms with Crippen LogP contribution < -0.4 is 0 Å². The van der Waals surface area contributed by atoms with Crippen LogP contribution in [-0.2, 0) is 9.47 Å². The highest BCUT2D eigenvalue weighted by Gasteiger charge is 2.53. The van der Waals surface area contributed by atoms with Gasteiger partial charge in [-0.15, -0.1) is 0 Å². The standard InChI is InChI=1S/C17H34O6/c1-3-4-5-6-7-8-9-10-11-17(22-2)16(21)15(20)14(19)13(12-18)23-17/h13-16,18-21H,3-12H2,1-2H3/t13-,14+,15+,16-,17?/m1/s1. The van der Waals surface area contributed by atoms with E-state index in [0.29, 0.717) is 6.42 Å². The highest BCUT2D eigenvalue weighted by molar-refractivity contribution is 4.96. The molecule has 1 heterocycles. The average molecular weight is 334 g/mol. The van der Waals surface area contributed by atoms with Gasteiger partial charge in [-0.25, -0.2) is 0 Å². The molecule has 1 saturated heterocycles. The molecular weight excluding hydrogens is 300 g/mol. The number of ether oxygens (including phenoxy) is 2. The zero-order valence-electron chi connectivity index (χ0n) is 14.5. The predicted octanol–water partition coefficient (Wildman–Crippen LogP) is 1.33. The summed E-state index contributed by atoms with van der Waals surface area (Å²) in [7, 11) is 1.41. The summed E-state index contributed by atoms with van der Waals surface area (Å²) in [5.41, 5.74) is 0. The number of hydrogen-bond donors (Lipinski definition) is 4. The van der Waals surface area contributed by atoms with Crippen LogP contribution in [0.15, 0.2) is 0 Å². The summed E-state index contributed by atoms with van der Waals surface area (Å²) >= 11 is 0. The van der Waals surface area contributed by atoms with Crippen molar-refractivity contribution in [3.63, 3.8) is 0 Å². The minimum atomic E-state index is -1.39. The van der Waals surface area contributed by atoms with E-state index in [-0.39, 0.29) is 0 Å². The van der Waals surface area contributed by atoms with Crippen molar-refractivity contribution in [1.29, 1.82) is 0 Å². The molecule has 23 heavy (non-hydrogen) atoms. The minimum absolute atomic E-state index is 0.417. The summed E-state index contributed by atoms with van der Waals surface area (Å²) in [6, 6.07) is 0. The molecule has 0 bridgehead atoms. The van der Waals surface area contributed by atoms with E-state index in [1.165, 1.54) is 39.2 Å². The molecule has 138 valence electrons. The molecule has 0 aromatic rings. The van der Waals surface area contributed by atoms with Gasteiger partial charge in [-0.3, -0.25) is 0 Å². The molecule has 0 spiro atoms. The van der Waals surface area contributed by atoms with Gasteiger partial charge in [0, 0.05) is 13.5 Å². The fraction of sp³-hybridized carbons (Fsp3) is 1.00. The zero-order chi connectivity index (χ0) is 17.3. The van der Waals surface area contributed by atoms with Gasteiger partial charge in [0.25, 0.3) is 0 Å². The second-order valence-corrected chi connectivity index (χ2v) is 6.51. The molecule has 6 nitrogen and oxygen atoms in total. The van der Waals surface area contributed by atoms with Crippen molar-refractivity contribution in [1.82, 2.24) is 0 Å². The van der Waals surface area contributed by atoms with Gasteiger partial charge in [0.05, 0.1) is 6.61 Å². The summed E-state index contributed by atoms with van der Waals surface area (Å²) in [6.07, 6.45) is 4.57.